The maximum absolute atomic E-state index is 11.9. The quantitative estimate of drug-likeness (QED) is 0.721. The summed E-state index contributed by atoms with van der Waals surface area (Å²) in [7, 11) is 0. The van der Waals surface area contributed by atoms with Crippen LogP contribution in [0.15, 0.2) is 18.2 Å². The Balaban J connectivity index is 2.67. The Morgan fingerprint density at radius 1 is 1.33 bits per heavy atom. The highest BCUT2D eigenvalue weighted by molar-refractivity contribution is 6.33. The molecule has 0 aliphatic carbocycles. The Bertz CT molecular complexity index is 530. The van der Waals surface area contributed by atoms with Gasteiger partial charge in [-0.25, -0.2) is 4.79 Å². The number of anilines is 1. The maximum atomic E-state index is 11.9. The highest BCUT2D eigenvalue weighted by Crippen LogP contribution is 2.27. The van der Waals surface area contributed by atoms with Gasteiger partial charge in [-0.05, 0) is 43.0 Å². The number of carbonyl (C=O) groups excluding carboxylic acids is 1. The fourth-order valence-electron chi connectivity index (χ4n) is 1.93. The summed E-state index contributed by atoms with van der Waals surface area (Å²) in [5.74, 6) is -1.25. The molecule has 6 heteroatoms. The van der Waals surface area contributed by atoms with Crippen LogP contribution >= 0.6 is 11.6 Å². The Labute approximate surface area is 129 Å². The Kier molecular flexibility index (Phi) is 6.18. The summed E-state index contributed by atoms with van der Waals surface area (Å²) >= 11 is 5.96. The number of nitrogens with two attached hydrogens (primary N) is 1. The van der Waals surface area contributed by atoms with Crippen LogP contribution in [0.1, 0.15) is 43.5 Å². The summed E-state index contributed by atoms with van der Waals surface area (Å²) in [4.78, 5) is 22.9. The highest BCUT2D eigenvalue weighted by atomic mass is 35.5. The van der Waals surface area contributed by atoms with E-state index in [-0.39, 0.29) is 16.9 Å². The van der Waals surface area contributed by atoms with Crippen LogP contribution in [0.25, 0.3) is 0 Å². The van der Waals surface area contributed by atoms with Crippen molar-refractivity contribution in [3.8, 4) is 0 Å². The maximum Gasteiger partial charge on any atom is 0.335 e. The van der Waals surface area contributed by atoms with E-state index in [2.05, 4.69) is 19.2 Å². The fourth-order valence-corrected chi connectivity index (χ4v) is 2.10. The Hall–Kier alpha value is -1.59. The minimum Gasteiger partial charge on any atom is -0.478 e. The molecule has 0 fully saturated rings. The lowest BCUT2D eigenvalue weighted by Crippen LogP contribution is -2.20. The molecule has 1 amide bonds. The molecule has 0 spiro atoms. The molecule has 1 aromatic carbocycles. The summed E-state index contributed by atoms with van der Waals surface area (Å²) in [6, 6.07) is 4.21. The molecule has 0 heterocycles. The van der Waals surface area contributed by atoms with Crippen molar-refractivity contribution in [2.24, 2.45) is 11.1 Å². The van der Waals surface area contributed by atoms with Crippen LogP contribution in [-0.4, -0.2) is 23.5 Å². The van der Waals surface area contributed by atoms with Gasteiger partial charge in [-0.3, -0.25) is 4.79 Å². The van der Waals surface area contributed by atoms with Crippen molar-refractivity contribution in [3.05, 3.63) is 28.8 Å². The van der Waals surface area contributed by atoms with E-state index in [1.807, 2.05) is 0 Å². The van der Waals surface area contributed by atoms with Gasteiger partial charge in [0.1, 0.15) is 0 Å². The summed E-state index contributed by atoms with van der Waals surface area (Å²) in [6.07, 6.45) is 1.88. The number of hydrogen-bond acceptors (Lipinski definition) is 3. The standard InChI is InChI=1S/C15H21ClN2O3/c1-15(2,7-8-17)6-5-13(19)18-12-9-10(14(20)21)3-4-11(12)16/h3-4,9H,5-8,17H2,1-2H3,(H,18,19)(H,20,21). The molecule has 0 aliphatic rings. The van der Waals surface area contributed by atoms with Crippen LogP contribution in [0.2, 0.25) is 5.02 Å². The van der Waals surface area contributed by atoms with Crippen LogP contribution in [0.4, 0.5) is 5.69 Å². The fraction of sp³-hybridized carbons (Fsp3) is 0.467. The molecule has 0 unspecified atom stereocenters. The third-order valence-corrected chi connectivity index (χ3v) is 3.67. The second-order valence-electron chi connectivity index (χ2n) is 5.75. The van der Waals surface area contributed by atoms with Crippen molar-refractivity contribution in [1.29, 1.82) is 0 Å². The van der Waals surface area contributed by atoms with E-state index < -0.39 is 5.97 Å². The molecule has 0 bridgehead atoms. The minimum atomic E-state index is -1.06. The second kappa shape index (κ2) is 7.43. The van der Waals surface area contributed by atoms with Gasteiger partial charge < -0.3 is 16.2 Å². The average Bonchev–Trinajstić information content (AvgIpc) is 2.39. The van der Waals surface area contributed by atoms with Gasteiger partial charge in [0.15, 0.2) is 0 Å². The smallest absolute Gasteiger partial charge is 0.335 e. The van der Waals surface area contributed by atoms with Crippen LogP contribution in [0.5, 0.6) is 0 Å². The third kappa shape index (κ3) is 5.73. The molecule has 1 rings (SSSR count). The number of carbonyl (C=O) groups is 2. The Morgan fingerprint density at radius 3 is 2.57 bits per heavy atom. The number of benzene rings is 1. The minimum absolute atomic E-state index is 0.00119. The van der Waals surface area contributed by atoms with Gasteiger partial charge in [0.25, 0.3) is 0 Å². The first-order chi connectivity index (χ1) is 9.75. The highest BCUT2D eigenvalue weighted by Gasteiger charge is 2.19. The van der Waals surface area contributed by atoms with Gasteiger partial charge in [-0.1, -0.05) is 25.4 Å². The summed E-state index contributed by atoms with van der Waals surface area (Å²) < 4.78 is 0. The number of carboxylic acids is 1. The molecule has 1 aromatic rings. The molecule has 116 valence electrons. The monoisotopic (exact) mass is 312 g/mol. The van der Waals surface area contributed by atoms with Crippen LogP contribution in [-0.2, 0) is 4.79 Å². The number of amides is 1. The zero-order valence-corrected chi connectivity index (χ0v) is 13.0. The molecule has 0 radical (unpaired) electrons. The lowest BCUT2D eigenvalue weighted by atomic mass is 9.84. The van der Waals surface area contributed by atoms with Gasteiger partial charge in [0.05, 0.1) is 16.3 Å². The topological polar surface area (TPSA) is 92.4 Å². The first-order valence-electron chi connectivity index (χ1n) is 6.78. The van der Waals surface area contributed by atoms with E-state index >= 15 is 0 Å². The predicted molar refractivity (Wildman–Crippen MR) is 83.7 cm³/mol. The molecule has 4 N–H and O–H groups in total. The van der Waals surface area contributed by atoms with Crippen molar-refractivity contribution in [3.63, 3.8) is 0 Å². The zero-order valence-electron chi connectivity index (χ0n) is 12.3. The van der Waals surface area contributed by atoms with E-state index in [0.29, 0.717) is 30.1 Å². The molecule has 21 heavy (non-hydrogen) atoms. The lowest BCUT2D eigenvalue weighted by molar-refractivity contribution is -0.116. The molecule has 0 saturated heterocycles. The van der Waals surface area contributed by atoms with Crippen molar-refractivity contribution in [2.75, 3.05) is 11.9 Å². The SMILES string of the molecule is CC(C)(CCN)CCC(=O)Nc1cc(C(=O)O)ccc1Cl. The first kappa shape index (κ1) is 17.5. The summed E-state index contributed by atoms with van der Waals surface area (Å²) in [5.41, 5.74) is 5.93. The van der Waals surface area contributed by atoms with Crippen molar-refractivity contribution in [2.45, 2.75) is 33.1 Å². The van der Waals surface area contributed by atoms with Crippen LogP contribution < -0.4 is 11.1 Å². The number of aromatic carboxylic acids is 1. The number of hydrogen-bond donors (Lipinski definition) is 3. The predicted octanol–water partition coefficient (Wildman–Crippen LogP) is 3.13. The second-order valence-corrected chi connectivity index (χ2v) is 6.16. The number of nitrogens with one attached hydrogen (secondary N) is 1. The van der Waals surface area contributed by atoms with Crippen molar-refractivity contribution in [1.82, 2.24) is 0 Å². The normalized spacial score (nSPS) is 11.2. The molecular weight excluding hydrogens is 292 g/mol. The molecule has 0 aromatic heterocycles. The lowest BCUT2D eigenvalue weighted by Gasteiger charge is -2.23. The van der Waals surface area contributed by atoms with Crippen molar-refractivity contribution < 1.29 is 14.7 Å². The van der Waals surface area contributed by atoms with Gasteiger partial charge >= 0.3 is 5.97 Å². The van der Waals surface area contributed by atoms with E-state index in [9.17, 15) is 9.59 Å². The average molecular weight is 313 g/mol. The molecule has 0 aliphatic heterocycles. The summed E-state index contributed by atoms with van der Waals surface area (Å²) in [5, 5.41) is 11.9. The zero-order chi connectivity index (χ0) is 16.0. The summed E-state index contributed by atoms with van der Waals surface area (Å²) in [6.45, 7) is 4.71. The number of carboxylic acid groups (broad SMARTS) is 1. The van der Waals surface area contributed by atoms with E-state index in [1.165, 1.54) is 18.2 Å². The van der Waals surface area contributed by atoms with Crippen LogP contribution in [0, 0.1) is 5.41 Å². The van der Waals surface area contributed by atoms with Gasteiger partial charge in [-0.2, -0.15) is 0 Å². The van der Waals surface area contributed by atoms with Gasteiger partial charge in [-0.15, -0.1) is 0 Å². The molecule has 0 saturated carbocycles. The van der Waals surface area contributed by atoms with E-state index in [0.717, 1.165) is 6.42 Å². The first-order valence-corrected chi connectivity index (χ1v) is 7.16. The van der Waals surface area contributed by atoms with Gasteiger partial charge in [0.2, 0.25) is 5.91 Å². The molecule has 0 atom stereocenters. The largest absolute Gasteiger partial charge is 0.478 e. The van der Waals surface area contributed by atoms with Crippen LogP contribution in [0.3, 0.4) is 0 Å². The Morgan fingerprint density at radius 2 is 2.00 bits per heavy atom. The van der Waals surface area contributed by atoms with Gasteiger partial charge in [0, 0.05) is 6.42 Å². The van der Waals surface area contributed by atoms with E-state index in [1.54, 1.807) is 0 Å². The molecular formula is C15H21ClN2O3. The third-order valence-electron chi connectivity index (χ3n) is 3.34. The van der Waals surface area contributed by atoms with Crippen molar-refractivity contribution >= 4 is 29.2 Å². The number of halogens is 1. The number of rotatable bonds is 7. The van der Waals surface area contributed by atoms with E-state index in [4.69, 9.17) is 22.4 Å². The molecule has 5 nitrogen and oxygen atoms in total.